The third-order valence-electron chi connectivity index (χ3n) is 1.96. The normalized spacial score (nSPS) is 13.4. The Balaban J connectivity index is 2.44. The van der Waals surface area contributed by atoms with Crippen LogP contribution in [-0.4, -0.2) is 39.1 Å². The molecule has 0 aromatic carbocycles. The molecule has 1 amide bonds. The van der Waals surface area contributed by atoms with Crippen molar-refractivity contribution in [2.24, 2.45) is 0 Å². The van der Waals surface area contributed by atoms with Gasteiger partial charge in [-0.1, -0.05) is 18.7 Å². The molecule has 0 saturated carbocycles. The summed E-state index contributed by atoms with van der Waals surface area (Å²) in [7, 11) is 0. The Kier molecular flexibility index (Phi) is 5.00. The molecule has 5 nitrogen and oxygen atoms in total. The van der Waals surface area contributed by atoms with Crippen LogP contribution in [0, 0.1) is 0 Å². The Bertz CT molecular complexity index is 407. The first-order chi connectivity index (χ1) is 8.31. The summed E-state index contributed by atoms with van der Waals surface area (Å²) >= 11 is 1.01. The summed E-state index contributed by atoms with van der Waals surface area (Å²) in [5, 5.41) is 7.98. The van der Waals surface area contributed by atoms with E-state index >= 15 is 0 Å². The first-order valence-corrected chi connectivity index (χ1v) is 6.12. The second-order valence-corrected chi connectivity index (χ2v) is 4.82. The molecule has 1 rings (SSSR count). The number of aromatic nitrogens is 3. The second kappa shape index (κ2) is 6.07. The van der Waals surface area contributed by atoms with Gasteiger partial charge in [0.25, 0.3) is 0 Å². The van der Waals surface area contributed by atoms with E-state index in [9.17, 15) is 18.0 Å². The van der Waals surface area contributed by atoms with Gasteiger partial charge in [0.2, 0.25) is 11.1 Å². The largest absolute Gasteiger partial charge is 0.405 e. The average molecular weight is 282 g/mol. The highest BCUT2D eigenvalue weighted by Gasteiger charge is 2.29. The highest BCUT2D eigenvalue weighted by atomic mass is 32.2. The molecule has 18 heavy (non-hydrogen) atoms. The lowest BCUT2D eigenvalue weighted by Crippen LogP contribution is -2.38. The van der Waals surface area contributed by atoms with Gasteiger partial charge < -0.3 is 5.32 Å². The number of nitrogens with zero attached hydrogens (tertiary/aromatic N) is 2. The molecule has 0 aliphatic rings. The molecule has 0 aliphatic carbocycles. The highest BCUT2D eigenvalue weighted by molar-refractivity contribution is 8.00. The number of rotatable bonds is 5. The van der Waals surface area contributed by atoms with Crippen LogP contribution in [-0.2, 0) is 11.2 Å². The summed E-state index contributed by atoms with van der Waals surface area (Å²) in [6, 6.07) is 0. The quantitative estimate of drug-likeness (QED) is 0.803. The fourth-order valence-electron chi connectivity index (χ4n) is 1.03. The summed E-state index contributed by atoms with van der Waals surface area (Å²) in [4.78, 5) is 15.4. The van der Waals surface area contributed by atoms with Crippen LogP contribution in [0.4, 0.5) is 13.2 Å². The minimum Gasteiger partial charge on any atom is -0.346 e. The van der Waals surface area contributed by atoms with E-state index in [1.807, 2.05) is 12.2 Å². The molecule has 0 aliphatic heterocycles. The van der Waals surface area contributed by atoms with Crippen molar-refractivity contribution in [3.05, 3.63) is 5.82 Å². The van der Waals surface area contributed by atoms with E-state index in [4.69, 9.17) is 0 Å². The molecule has 1 heterocycles. The van der Waals surface area contributed by atoms with Gasteiger partial charge in [0.1, 0.15) is 12.4 Å². The summed E-state index contributed by atoms with van der Waals surface area (Å²) < 4.78 is 35.7. The first kappa shape index (κ1) is 14.8. The van der Waals surface area contributed by atoms with Crippen LogP contribution < -0.4 is 5.32 Å². The van der Waals surface area contributed by atoms with Crippen LogP contribution in [0.25, 0.3) is 0 Å². The number of alkyl halides is 3. The molecule has 2 N–H and O–H groups in total. The molecule has 1 aromatic rings. The number of aromatic amines is 1. The fraction of sp³-hybridized carbons (Fsp3) is 0.667. The lowest BCUT2D eigenvalue weighted by molar-refractivity contribution is -0.137. The third-order valence-corrected chi connectivity index (χ3v) is 2.92. The van der Waals surface area contributed by atoms with Gasteiger partial charge in [-0.15, -0.1) is 5.10 Å². The Labute approximate surface area is 106 Å². The summed E-state index contributed by atoms with van der Waals surface area (Å²) in [5.41, 5.74) is 0. The zero-order chi connectivity index (χ0) is 13.8. The topological polar surface area (TPSA) is 70.7 Å². The van der Waals surface area contributed by atoms with Gasteiger partial charge >= 0.3 is 6.18 Å². The summed E-state index contributed by atoms with van der Waals surface area (Å²) in [6.45, 7) is 2.05. The Hall–Kier alpha value is -1.25. The average Bonchev–Trinajstić information content (AvgIpc) is 2.72. The minimum absolute atomic E-state index is 0.349. The molecule has 1 aromatic heterocycles. The zero-order valence-electron chi connectivity index (χ0n) is 9.84. The van der Waals surface area contributed by atoms with Gasteiger partial charge in [-0.25, -0.2) is 4.98 Å². The molecule has 0 saturated heterocycles. The monoisotopic (exact) mass is 282 g/mol. The smallest absolute Gasteiger partial charge is 0.346 e. The molecule has 0 spiro atoms. The SMILES string of the molecule is CCc1nc(SC(C)C(=O)NCC(F)(F)F)n[nH]1. The maximum Gasteiger partial charge on any atom is 0.405 e. The van der Waals surface area contributed by atoms with Crippen molar-refractivity contribution in [1.82, 2.24) is 20.5 Å². The Morgan fingerprint density at radius 3 is 2.72 bits per heavy atom. The lowest BCUT2D eigenvalue weighted by Gasteiger charge is -2.11. The maximum atomic E-state index is 11.9. The molecular weight excluding hydrogens is 269 g/mol. The Morgan fingerprint density at radius 2 is 2.22 bits per heavy atom. The summed E-state index contributed by atoms with van der Waals surface area (Å²) in [6.07, 6.45) is -3.73. The molecule has 0 fully saturated rings. The van der Waals surface area contributed by atoms with E-state index in [1.165, 1.54) is 6.92 Å². The van der Waals surface area contributed by atoms with Crippen molar-refractivity contribution in [2.75, 3.05) is 6.54 Å². The molecule has 9 heteroatoms. The number of halogens is 3. The van der Waals surface area contributed by atoms with E-state index in [2.05, 4.69) is 15.2 Å². The summed E-state index contributed by atoms with van der Waals surface area (Å²) in [5.74, 6) is -0.0272. The molecule has 1 unspecified atom stereocenters. The molecule has 1 atom stereocenters. The van der Waals surface area contributed by atoms with E-state index < -0.39 is 23.9 Å². The molecule has 0 bridgehead atoms. The molecule has 0 radical (unpaired) electrons. The number of aryl methyl sites for hydroxylation is 1. The number of H-pyrrole nitrogens is 1. The van der Waals surface area contributed by atoms with Gasteiger partial charge in [-0.3, -0.25) is 9.89 Å². The predicted molar refractivity (Wildman–Crippen MR) is 60.1 cm³/mol. The van der Waals surface area contributed by atoms with Crippen molar-refractivity contribution in [3.63, 3.8) is 0 Å². The molecular formula is C9H13F3N4OS. The zero-order valence-corrected chi connectivity index (χ0v) is 10.7. The highest BCUT2D eigenvalue weighted by Crippen LogP contribution is 2.19. The number of carbonyl (C=O) groups excluding carboxylic acids is 1. The number of carbonyl (C=O) groups is 1. The van der Waals surface area contributed by atoms with Crippen LogP contribution in [0.3, 0.4) is 0 Å². The van der Waals surface area contributed by atoms with Gasteiger partial charge in [0.05, 0.1) is 5.25 Å². The van der Waals surface area contributed by atoms with Gasteiger partial charge in [0.15, 0.2) is 0 Å². The van der Waals surface area contributed by atoms with Gasteiger partial charge in [0, 0.05) is 6.42 Å². The van der Waals surface area contributed by atoms with Crippen molar-refractivity contribution < 1.29 is 18.0 Å². The number of nitrogens with one attached hydrogen (secondary N) is 2. The third kappa shape index (κ3) is 4.94. The first-order valence-electron chi connectivity index (χ1n) is 5.24. The minimum atomic E-state index is -4.40. The molecule has 102 valence electrons. The van der Waals surface area contributed by atoms with E-state index in [1.54, 1.807) is 0 Å². The van der Waals surface area contributed by atoms with Crippen LogP contribution in [0.5, 0.6) is 0 Å². The number of hydrogen-bond acceptors (Lipinski definition) is 4. The van der Waals surface area contributed by atoms with E-state index in [-0.39, 0.29) is 0 Å². The van der Waals surface area contributed by atoms with Gasteiger partial charge in [-0.2, -0.15) is 13.2 Å². The predicted octanol–water partition coefficient (Wildman–Crippen LogP) is 1.53. The fourth-order valence-corrected chi connectivity index (χ4v) is 1.80. The number of hydrogen-bond donors (Lipinski definition) is 2. The second-order valence-electron chi connectivity index (χ2n) is 3.51. The van der Waals surface area contributed by atoms with Crippen molar-refractivity contribution >= 4 is 17.7 Å². The van der Waals surface area contributed by atoms with Crippen LogP contribution in [0.15, 0.2) is 5.16 Å². The van der Waals surface area contributed by atoms with Crippen molar-refractivity contribution in [3.8, 4) is 0 Å². The van der Waals surface area contributed by atoms with E-state index in [0.717, 1.165) is 11.8 Å². The van der Waals surface area contributed by atoms with Crippen LogP contribution >= 0.6 is 11.8 Å². The van der Waals surface area contributed by atoms with Crippen molar-refractivity contribution in [1.29, 1.82) is 0 Å². The number of amides is 1. The van der Waals surface area contributed by atoms with Gasteiger partial charge in [-0.05, 0) is 6.92 Å². The number of thioether (sulfide) groups is 1. The van der Waals surface area contributed by atoms with Crippen LogP contribution in [0.2, 0.25) is 0 Å². The maximum absolute atomic E-state index is 11.9. The Morgan fingerprint density at radius 1 is 1.56 bits per heavy atom. The van der Waals surface area contributed by atoms with E-state index in [0.29, 0.717) is 17.4 Å². The lowest BCUT2D eigenvalue weighted by atomic mass is 10.4. The standard InChI is InChI=1S/C9H13F3N4OS/c1-3-6-14-8(16-15-6)18-5(2)7(17)13-4-9(10,11)12/h5H,3-4H2,1-2H3,(H,13,17)(H,14,15,16). The van der Waals surface area contributed by atoms with Crippen molar-refractivity contribution in [2.45, 2.75) is 36.9 Å². The van der Waals surface area contributed by atoms with Crippen LogP contribution in [0.1, 0.15) is 19.7 Å².